The van der Waals surface area contributed by atoms with Crippen molar-refractivity contribution in [2.45, 2.75) is 26.1 Å². The minimum absolute atomic E-state index is 0.00282. The second kappa shape index (κ2) is 4.85. The van der Waals surface area contributed by atoms with Crippen LogP contribution in [0.25, 0.3) is 0 Å². The second-order valence-electron chi connectivity index (χ2n) is 4.82. The molecule has 0 spiro atoms. The number of nitrogens with two attached hydrogens (primary N) is 1. The SMILES string of the molecule is CC(C)(CN)C(O)c1ccc(F)cc1C(F)(F)F. The predicted molar refractivity (Wildman–Crippen MR) is 59.2 cm³/mol. The summed E-state index contributed by atoms with van der Waals surface area (Å²) >= 11 is 0. The van der Waals surface area contributed by atoms with Gasteiger partial charge in [-0.3, -0.25) is 0 Å². The molecule has 0 radical (unpaired) electrons. The Bertz CT molecular complexity index is 429. The van der Waals surface area contributed by atoms with Gasteiger partial charge in [0.1, 0.15) is 5.82 Å². The van der Waals surface area contributed by atoms with Crippen LogP contribution in [0.1, 0.15) is 31.1 Å². The molecular formula is C12H15F4NO. The zero-order valence-electron chi connectivity index (χ0n) is 10.1. The van der Waals surface area contributed by atoms with Gasteiger partial charge in [-0.2, -0.15) is 13.2 Å². The average Bonchev–Trinajstić information content (AvgIpc) is 2.27. The van der Waals surface area contributed by atoms with Crippen LogP contribution in [0, 0.1) is 11.2 Å². The monoisotopic (exact) mass is 265 g/mol. The quantitative estimate of drug-likeness (QED) is 0.825. The fourth-order valence-electron chi connectivity index (χ4n) is 1.55. The molecule has 1 rings (SSSR count). The molecular weight excluding hydrogens is 250 g/mol. The maximum Gasteiger partial charge on any atom is 0.416 e. The third-order valence-corrected chi connectivity index (χ3v) is 2.88. The molecule has 0 bridgehead atoms. The van der Waals surface area contributed by atoms with Gasteiger partial charge in [0.25, 0.3) is 0 Å². The fraction of sp³-hybridized carbons (Fsp3) is 0.500. The number of halogens is 4. The van der Waals surface area contributed by atoms with Crippen molar-refractivity contribution < 1.29 is 22.7 Å². The Kier molecular flexibility index (Phi) is 4.02. The lowest BCUT2D eigenvalue weighted by molar-refractivity contribution is -0.140. The first-order valence-electron chi connectivity index (χ1n) is 5.34. The van der Waals surface area contributed by atoms with Crippen LogP contribution >= 0.6 is 0 Å². The third-order valence-electron chi connectivity index (χ3n) is 2.88. The van der Waals surface area contributed by atoms with Crippen LogP contribution in [0.15, 0.2) is 18.2 Å². The average molecular weight is 265 g/mol. The molecule has 0 aliphatic carbocycles. The Labute approximate surface area is 102 Å². The van der Waals surface area contributed by atoms with Crippen molar-refractivity contribution >= 4 is 0 Å². The van der Waals surface area contributed by atoms with Crippen molar-refractivity contribution in [3.05, 3.63) is 35.1 Å². The van der Waals surface area contributed by atoms with Gasteiger partial charge in [-0.05, 0) is 17.7 Å². The van der Waals surface area contributed by atoms with Gasteiger partial charge in [0.2, 0.25) is 0 Å². The lowest BCUT2D eigenvalue weighted by atomic mass is 9.81. The molecule has 1 aromatic rings. The maximum atomic E-state index is 12.9. The van der Waals surface area contributed by atoms with Gasteiger partial charge in [0.05, 0.1) is 11.7 Å². The Hall–Kier alpha value is -1.14. The molecule has 102 valence electrons. The van der Waals surface area contributed by atoms with E-state index in [4.69, 9.17) is 5.73 Å². The second-order valence-corrected chi connectivity index (χ2v) is 4.82. The van der Waals surface area contributed by atoms with Gasteiger partial charge in [-0.15, -0.1) is 0 Å². The van der Waals surface area contributed by atoms with Crippen LogP contribution in [-0.4, -0.2) is 11.7 Å². The van der Waals surface area contributed by atoms with Gasteiger partial charge in [-0.1, -0.05) is 19.9 Å². The first-order chi connectivity index (χ1) is 8.09. The summed E-state index contributed by atoms with van der Waals surface area (Å²) < 4.78 is 51.2. The highest BCUT2D eigenvalue weighted by Gasteiger charge is 2.38. The summed E-state index contributed by atoms with van der Waals surface area (Å²) in [5, 5.41) is 9.98. The minimum Gasteiger partial charge on any atom is -0.388 e. The molecule has 0 heterocycles. The van der Waals surface area contributed by atoms with Crippen LogP contribution in [0.4, 0.5) is 17.6 Å². The normalized spacial score (nSPS) is 14.7. The molecule has 1 aromatic carbocycles. The van der Waals surface area contributed by atoms with Crippen LogP contribution < -0.4 is 5.73 Å². The van der Waals surface area contributed by atoms with Gasteiger partial charge >= 0.3 is 6.18 Å². The number of aliphatic hydroxyl groups is 1. The molecule has 3 N–H and O–H groups in total. The summed E-state index contributed by atoms with van der Waals surface area (Å²) in [7, 11) is 0. The van der Waals surface area contributed by atoms with E-state index < -0.39 is 29.1 Å². The van der Waals surface area contributed by atoms with Crippen molar-refractivity contribution in [3.8, 4) is 0 Å². The number of benzene rings is 1. The Morgan fingerprint density at radius 3 is 2.28 bits per heavy atom. The standard InChI is InChI=1S/C12H15F4NO/c1-11(2,6-17)10(18)8-4-3-7(13)5-9(8)12(14,15)16/h3-5,10,18H,6,17H2,1-2H3. The third kappa shape index (κ3) is 3.00. The van der Waals surface area contributed by atoms with Gasteiger partial charge < -0.3 is 10.8 Å². The van der Waals surface area contributed by atoms with Crippen molar-refractivity contribution in [3.63, 3.8) is 0 Å². The lowest BCUT2D eigenvalue weighted by Gasteiger charge is -2.31. The highest BCUT2D eigenvalue weighted by molar-refractivity contribution is 5.33. The van der Waals surface area contributed by atoms with Gasteiger partial charge in [0, 0.05) is 12.0 Å². The molecule has 0 aliphatic rings. The van der Waals surface area contributed by atoms with E-state index >= 15 is 0 Å². The highest BCUT2D eigenvalue weighted by atomic mass is 19.4. The molecule has 0 fully saturated rings. The summed E-state index contributed by atoms with van der Waals surface area (Å²) in [4.78, 5) is 0. The first-order valence-corrected chi connectivity index (χ1v) is 5.34. The molecule has 0 saturated carbocycles. The van der Waals surface area contributed by atoms with E-state index in [1.807, 2.05) is 0 Å². The molecule has 18 heavy (non-hydrogen) atoms. The number of hydrogen-bond acceptors (Lipinski definition) is 2. The van der Waals surface area contributed by atoms with Crippen LogP contribution in [0.3, 0.4) is 0 Å². The predicted octanol–water partition coefficient (Wildman–Crippen LogP) is 2.86. The lowest BCUT2D eigenvalue weighted by Crippen LogP contribution is -2.32. The van der Waals surface area contributed by atoms with E-state index in [1.165, 1.54) is 0 Å². The van der Waals surface area contributed by atoms with E-state index in [9.17, 15) is 22.7 Å². The molecule has 0 amide bonds. The fourth-order valence-corrected chi connectivity index (χ4v) is 1.55. The summed E-state index contributed by atoms with van der Waals surface area (Å²) in [6.45, 7) is 3.09. The molecule has 2 nitrogen and oxygen atoms in total. The Balaban J connectivity index is 3.33. The van der Waals surface area contributed by atoms with Crippen molar-refractivity contribution in [1.82, 2.24) is 0 Å². The maximum absolute atomic E-state index is 12.9. The van der Waals surface area contributed by atoms with E-state index in [1.54, 1.807) is 13.8 Å². The molecule has 0 saturated heterocycles. The summed E-state index contributed by atoms with van der Waals surface area (Å²) in [6.07, 6.45) is -6.14. The molecule has 1 atom stereocenters. The molecule has 1 unspecified atom stereocenters. The van der Waals surface area contributed by atoms with Crippen molar-refractivity contribution in [2.24, 2.45) is 11.1 Å². The van der Waals surface area contributed by atoms with Crippen molar-refractivity contribution in [2.75, 3.05) is 6.54 Å². The Morgan fingerprint density at radius 2 is 1.83 bits per heavy atom. The van der Waals surface area contributed by atoms with Crippen LogP contribution in [0.2, 0.25) is 0 Å². The zero-order chi connectivity index (χ0) is 14.1. The van der Waals surface area contributed by atoms with Gasteiger partial charge in [0.15, 0.2) is 0 Å². The number of aliphatic hydroxyl groups excluding tert-OH is 1. The van der Waals surface area contributed by atoms with E-state index in [2.05, 4.69) is 0 Å². The topological polar surface area (TPSA) is 46.2 Å². The van der Waals surface area contributed by atoms with E-state index in [-0.39, 0.29) is 12.1 Å². The van der Waals surface area contributed by atoms with E-state index in [0.29, 0.717) is 6.07 Å². The largest absolute Gasteiger partial charge is 0.416 e. The first kappa shape index (κ1) is 14.9. The van der Waals surface area contributed by atoms with E-state index in [0.717, 1.165) is 12.1 Å². The smallest absolute Gasteiger partial charge is 0.388 e. The van der Waals surface area contributed by atoms with Crippen molar-refractivity contribution in [1.29, 1.82) is 0 Å². The van der Waals surface area contributed by atoms with Gasteiger partial charge in [-0.25, -0.2) is 4.39 Å². The summed E-state index contributed by atoms with van der Waals surface area (Å²) in [5.74, 6) is -0.996. The number of hydrogen-bond donors (Lipinski definition) is 2. The zero-order valence-corrected chi connectivity index (χ0v) is 10.1. The van der Waals surface area contributed by atoms with Crippen LogP contribution in [-0.2, 0) is 6.18 Å². The Morgan fingerprint density at radius 1 is 1.28 bits per heavy atom. The number of alkyl halides is 3. The van der Waals surface area contributed by atoms with Crippen LogP contribution in [0.5, 0.6) is 0 Å². The molecule has 6 heteroatoms. The summed E-state index contributed by atoms with van der Waals surface area (Å²) in [6, 6.07) is 2.21. The highest BCUT2D eigenvalue weighted by Crippen LogP contribution is 2.40. The molecule has 0 aliphatic heterocycles. The molecule has 0 aromatic heterocycles. The minimum atomic E-state index is -4.72. The summed E-state index contributed by atoms with van der Waals surface area (Å²) in [5.41, 5.74) is 2.95. The number of rotatable bonds is 3.